The lowest BCUT2D eigenvalue weighted by Gasteiger charge is -2.25. The average molecular weight is 336 g/mol. The summed E-state index contributed by atoms with van der Waals surface area (Å²) in [4.78, 5) is 12.3. The summed E-state index contributed by atoms with van der Waals surface area (Å²) < 4.78 is 1.64. The highest BCUT2D eigenvalue weighted by Crippen LogP contribution is 2.22. The SMILES string of the molecule is Cc1c(C(=O)NCC(O)C(C)(C)C)cnn1-c1ccccc1Cl. The molecule has 124 valence electrons. The molecule has 2 N–H and O–H groups in total. The maximum atomic E-state index is 12.3. The van der Waals surface area contributed by atoms with Gasteiger partial charge < -0.3 is 10.4 Å². The molecule has 1 aromatic heterocycles. The molecule has 0 saturated carbocycles. The Morgan fingerprint density at radius 1 is 1.39 bits per heavy atom. The molecule has 1 amide bonds. The van der Waals surface area contributed by atoms with Gasteiger partial charge in [-0.05, 0) is 24.5 Å². The van der Waals surface area contributed by atoms with Crippen LogP contribution in [0.3, 0.4) is 0 Å². The van der Waals surface area contributed by atoms with Crippen LogP contribution in [-0.4, -0.2) is 33.4 Å². The van der Waals surface area contributed by atoms with Gasteiger partial charge in [0, 0.05) is 6.54 Å². The number of aliphatic hydroxyl groups excluding tert-OH is 1. The van der Waals surface area contributed by atoms with E-state index in [1.165, 1.54) is 6.20 Å². The molecule has 0 aliphatic rings. The lowest BCUT2D eigenvalue weighted by Crippen LogP contribution is -2.39. The third-order valence-electron chi connectivity index (χ3n) is 3.79. The van der Waals surface area contributed by atoms with Crippen LogP contribution in [0.25, 0.3) is 5.69 Å². The molecule has 1 aromatic carbocycles. The van der Waals surface area contributed by atoms with Crippen LogP contribution in [-0.2, 0) is 0 Å². The van der Waals surface area contributed by atoms with Crippen molar-refractivity contribution >= 4 is 17.5 Å². The zero-order valence-electron chi connectivity index (χ0n) is 13.8. The minimum atomic E-state index is -0.620. The lowest BCUT2D eigenvalue weighted by atomic mass is 9.89. The van der Waals surface area contributed by atoms with Crippen LogP contribution in [0.15, 0.2) is 30.5 Å². The second kappa shape index (κ2) is 6.72. The Bertz CT molecular complexity index is 704. The molecule has 1 heterocycles. The summed E-state index contributed by atoms with van der Waals surface area (Å²) in [5, 5.41) is 17.6. The molecule has 0 aliphatic carbocycles. The number of benzene rings is 1. The molecule has 0 fully saturated rings. The molecule has 5 nitrogen and oxygen atoms in total. The van der Waals surface area contributed by atoms with Crippen LogP contribution < -0.4 is 5.32 Å². The molecule has 1 unspecified atom stereocenters. The topological polar surface area (TPSA) is 67.2 Å². The molecule has 0 saturated heterocycles. The predicted molar refractivity (Wildman–Crippen MR) is 91.1 cm³/mol. The minimum Gasteiger partial charge on any atom is -0.391 e. The van der Waals surface area contributed by atoms with Crippen molar-refractivity contribution in [3.8, 4) is 5.69 Å². The predicted octanol–water partition coefficient (Wildman–Crippen LogP) is 2.97. The fourth-order valence-electron chi connectivity index (χ4n) is 2.09. The van der Waals surface area contributed by atoms with Crippen LogP contribution in [0.4, 0.5) is 0 Å². The third kappa shape index (κ3) is 3.92. The number of carbonyl (C=O) groups is 1. The van der Waals surface area contributed by atoms with E-state index in [2.05, 4.69) is 10.4 Å². The second-order valence-corrected chi connectivity index (χ2v) is 7.01. The first-order valence-electron chi connectivity index (χ1n) is 7.47. The number of hydrogen-bond acceptors (Lipinski definition) is 3. The molecule has 2 aromatic rings. The Morgan fingerprint density at radius 3 is 2.65 bits per heavy atom. The fraction of sp³-hybridized carbons (Fsp3) is 0.412. The summed E-state index contributed by atoms with van der Waals surface area (Å²) in [6, 6.07) is 7.32. The number of nitrogens with one attached hydrogen (secondary N) is 1. The zero-order valence-corrected chi connectivity index (χ0v) is 14.6. The number of amides is 1. The van der Waals surface area contributed by atoms with E-state index in [-0.39, 0.29) is 17.9 Å². The zero-order chi connectivity index (χ0) is 17.2. The maximum absolute atomic E-state index is 12.3. The molecule has 1 atom stereocenters. The van der Waals surface area contributed by atoms with E-state index < -0.39 is 6.10 Å². The van der Waals surface area contributed by atoms with Gasteiger partial charge in [0.05, 0.1) is 34.3 Å². The van der Waals surface area contributed by atoms with Gasteiger partial charge in [-0.1, -0.05) is 44.5 Å². The van der Waals surface area contributed by atoms with E-state index in [0.29, 0.717) is 16.3 Å². The lowest BCUT2D eigenvalue weighted by molar-refractivity contribution is 0.0586. The molecule has 23 heavy (non-hydrogen) atoms. The van der Waals surface area contributed by atoms with Gasteiger partial charge in [-0.25, -0.2) is 4.68 Å². The van der Waals surface area contributed by atoms with E-state index in [9.17, 15) is 9.90 Å². The Morgan fingerprint density at radius 2 is 2.04 bits per heavy atom. The average Bonchev–Trinajstić information content (AvgIpc) is 2.85. The van der Waals surface area contributed by atoms with Crippen LogP contribution in [0.1, 0.15) is 36.8 Å². The Balaban J connectivity index is 2.16. The van der Waals surface area contributed by atoms with Gasteiger partial charge in [0.15, 0.2) is 0 Å². The van der Waals surface area contributed by atoms with E-state index in [1.54, 1.807) is 10.7 Å². The fourth-order valence-corrected chi connectivity index (χ4v) is 2.31. The van der Waals surface area contributed by atoms with Crippen molar-refractivity contribution in [2.24, 2.45) is 5.41 Å². The molecule has 0 bridgehead atoms. The van der Waals surface area contributed by atoms with Crippen LogP contribution in [0, 0.1) is 12.3 Å². The Hall–Kier alpha value is -1.85. The number of halogens is 1. The van der Waals surface area contributed by atoms with Crippen LogP contribution >= 0.6 is 11.6 Å². The van der Waals surface area contributed by atoms with Crippen molar-refractivity contribution in [2.75, 3.05) is 6.54 Å². The molecule has 0 spiro atoms. The highest BCUT2D eigenvalue weighted by molar-refractivity contribution is 6.32. The van der Waals surface area contributed by atoms with Crippen molar-refractivity contribution in [2.45, 2.75) is 33.8 Å². The normalized spacial score (nSPS) is 13.0. The first-order valence-corrected chi connectivity index (χ1v) is 7.85. The third-order valence-corrected chi connectivity index (χ3v) is 4.11. The first-order chi connectivity index (χ1) is 10.7. The summed E-state index contributed by atoms with van der Waals surface area (Å²) in [6.07, 6.45) is 0.891. The molecule has 0 aliphatic heterocycles. The smallest absolute Gasteiger partial charge is 0.254 e. The minimum absolute atomic E-state index is 0.193. The maximum Gasteiger partial charge on any atom is 0.254 e. The van der Waals surface area contributed by atoms with Crippen molar-refractivity contribution in [1.82, 2.24) is 15.1 Å². The van der Waals surface area contributed by atoms with Crippen molar-refractivity contribution in [3.05, 3.63) is 46.7 Å². The molecule has 0 radical (unpaired) electrons. The van der Waals surface area contributed by atoms with E-state index >= 15 is 0 Å². The van der Waals surface area contributed by atoms with Gasteiger partial charge in [-0.15, -0.1) is 0 Å². The quantitative estimate of drug-likeness (QED) is 0.902. The summed E-state index contributed by atoms with van der Waals surface area (Å²) in [6.45, 7) is 7.77. The highest BCUT2D eigenvalue weighted by atomic mass is 35.5. The molecule has 6 heteroatoms. The number of hydrogen-bond donors (Lipinski definition) is 2. The number of aromatic nitrogens is 2. The van der Waals surface area contributed by atoms with Gasteiger partial charge in [-0.3, -0.25) is 4.79 Å². The van der Waals surface area contributed by atoms with Crippen molar-refractivity contribution < 1.29 is 9.90 Å². The number of nitrogens with zero attached hydrogens (tertiary/aromatic N) is 2. The summed E-state index contributed by atoms with van der Waals surface area (Å²) in [5.41, 5.74) is 1.59. The van der Waals surface area contributed by atoms with Gasteiger partial charge in [-0.2, -0.15) is 5.10 Å². The number of rotatable bonds is 4. The summed E-state index contributed by atoms with van der Waals surface area (Å²) in [5.74, 6) is -0.260. The number of para-hydroxylation sites is 1. The number of carbonyl (C=O) groups excluding carboxylic acids is 1. The van der Waals surface area contributed by atoms with Crippen LogP contribution in [0.5, 0.6) is 0 Å². The molecular formula is C17H22ClN3O2. The first kappa shape index (κ1) is 17.5. The van der Waals surface area contributed by atoms with Crippen molar-refractivity contribution in [3.63, 3.8) is 0 Å². The van der Waals surface area contributed by atoms with Gasteiger partial charge in [0.25, 0.3) is 5.91 Å². The number of aliphatic hydroxyl groups is 1. The summed E-state index contributed by atoms with van der Waals surface area (Å²) >= 11 is 6.18. The van der Waals surface area contributed by atoms with Crippen molar-refractivity contribution in [1.29, 1.82) is 0 Å². The van der Waals surface area contributed by atoms with E-state index in [0.717, 1.165) is 5.69 Å². The van der Waals surface area contributed by atoms with Crippen LogP contribution in [0.2, 0.25) is 5.02 Å². The molecular weight excluding hydrogens is 314 g/mol. The van der Waals surface area contributed by atoms with Gasteiger partial charge in [0.1, 0.15) is 0 Å². The van der Waals surface area contributed by atoms with E-state index in [4.69, 9.17) is 11.6 Å². The second-order valence-electron chi connectivity index (χ2n) is 6.60. The van der Waals surface area contributed by atoms with E-state index in [1.807, 2.05) is 45.9 Å². The summed E-state index contributed by atoms with van der Waals surface area (Å²) in [7, 11) is 0. The largest absolute Gasteiger partial charge is 0.391 e. The highest BCUT2D eigenvalue weighted by Gasteiger charge is 2.23. The standard InChI is InChI=1S/C17H22ClN3O2/c1-11-12(16(23)19-10-15(22)17(2,3)4)9-20-21(11)14-8-6-5-7-13(14)18/h5-9,15,22H,10H2,1-4H3,(H,19,23). The monoisotopic (exact) mass is 335 g/mol. The van der Waals surface area contributed by atoms with Gasteiger partial charge >= 0.3 is 0 Å². The Labute approximate surface area is 141 Å². The molecule has 2 rings (SSSR count). The Kier molecular flexibility index (Phi) is 5.12. The van der Waals surface area contributed by atoms with Gasteiger partial charge in [0.2, 0.25) is 0 Å².